The van der Waals surface area contributed by atoms with Crippen molar-refractivity contribution in [1.82, 2.24) is 24.7 Å². The van der Waals surface area contributed by atoms with Crippen LogP contribution >= 0.6 is 0 Å². The van der Waals surface area contributed by atoms with Crippen molar-refractivity contribution in [1.29, 1.82) is 0 Å². The quantitative estimate of drug-likeness (QED) is 0.725. The van der Waals surface area contributed by atoms with Gasteiger partial charge in [-0.3, -0.25) is 4.68 Å². The van der Waals surface area contributed by atoms with Gasteiger partial charge in [-0.25, -0.2) is 9.97 Å². The molecule has 0 aliphatic heterocycles. The molecule has 6 nitrogen and oxygen atoms in total. The van der Waals surface area contributed by atoms with E-state index in [1.807, 2.05) is 7.05 Å². The highest BCUT2D eigenvalue weighted by Gasteiger charge is 1.98. The Balaban J connectivity index is 1.78. The molecule has 0 aliphatic carbocycles. The highest BCUT2D eigenvalue weighted by atomic mass is 15.3. The maximum atomic E-state index is 4.16. The summed E-state index contributed by atoms with van der Waals surface area (Å²) in [6.45, 7) is 0.775. The van der Waals surface area contributed by atoms with E-state index in [-0.39, 0.29) is 0 Å². The fourth-order valence-corrected chi connectivity index (χ4v) is 1.15. The van der Waals surface area contributed by atoms with Crippen LogP contribution in [0.2, 0.25) is 0 Å². The molecule has 2 rings (SSSR count). The summed E-state index contributed by atoms with van der Waals surface area (Å²) in [5.74, 6) is 1.62. The predicted octanol–water partition coefficient (Wildman–Crippen LogP) is 0.193. The maximum Gasteiger partial charge on any atom is 0.200 e. The zero-order chi connectivity index (χ0) is 9.80. The Kier molecular flexibility index (Phi) is 2.44. The van der Waals surface area contributed by atoms with E-state index in [2.05, 4.69) is 25.4 Å². The summed E-state index contributed by atoms with van der Waals surface area (Å²) < 4.78 is 1.70. The first-order valence-electron chi connectivity index (χ1n) is 4.42. The van der Waals surface area contributed by atoms with Crippen LogP contribution in [-0.4, -0.2) is 31.3 Å². The third kappa shape index (κ3) is 2.09. The van der Waals surface area contributed by atoms with Crippen molar-refractivity contribution in [3.05, 3.63) is 24.5 Å². The fourth-order valence-electron chi connectivity index (χ4n) is 1.15. The van der Waals surface area contributed by atoms with Gasteiger partial charge >= 0.3 is 0 Å². The summed E-state index contributed by atoms with van der Waals surface area (Å²) in [5.41, 5.74) is 0. The van der Waals surface area contributed by atoms with E-state index in [1.54, 1.807) is 23.4 Å². The number of aryl methyl sites for hydroxylation is 1. The molecule has 2 aromatic heterocycles. The first-order valence-corrected chi connectivity index (χ1v) is 4.42. The molecule has 0 atom stereocenters. The first kappa shape index (κ1) is 8.74. The topological polar surface area (TPSA) is 71.4 Å². The van der Waals surface area contributed by atoms with Crippen molar-refractivity contribution in [2.24, 2.45) is 7.05 Å². The van der Waals surface area contributed by atoms with Crippen molar-refractivity contribution < 1.29 is 0 Å². The number of aromatic amines is 1. The molecule has 0 bridgehead atoms. The average Bonchev–Trinajstić information content (AvgIpc) is 2.77. The highest BCUT2D eigenvalue weighted by molar-refractivity contribution is 5.22. The van der Waals surface area contributed by atoms with Gasteiger partial charge in [0, 0.05) is 32.4 Å². The minimum Gasteiger partial charge on any atom is -0.355 e. The van der Waals surface area contributed by atoms with E-state index in [9.17, 15) is 0 Å². The standard InChI is InChI=1S/C8H12N6/c1-14-6-12-7(13-14)2-3-9-8-10-4-5-11-8/h4-6H,2-3H2,1H3,(H2,9,10,11). The minimum atomic E-state index is 0.775. The molecule has 0 spiro atoms. The number of hydrogen-bond acceptors (Lipinski definition) is 4. The van der Waals surface area contributed by atoms with Crippen molar-refractivity contribution in [2.75, 3.05) is 11.9 Å². The molecule has 0 saturated heterocycles. The zero-order valence-corrected chi connectivity index (χ0v) is 7.94. The predicted molar refractivity (Wildman–Crippen MR) is 51.8 cm³/mol. The Hall–Kier alpha value is -1.85. The van der Waals surface area contributed by atoms with Crippen LogP contribution in [0.25, 0.3) is 0 Å². The van der Waals surface area contributed by atoms with Crippen LogP contribution < -0.4 is 5.32 Å². The number of nitrogens with zero attached hydrogens (tertiary/aromatic N) is 4. The van der Waals surface area contributed by atoms with Crippen molar-refractivity contribution >= 4 is 5.95 Å². The molecule has 0 saturated carbocycles. The lowest BCUT2D eigenvalue weighted by Crippen LogP contribution is -2.07. The second kappa shape index (κ2) is 3.91. The summed E-state index contributed by atoms with van der Waals surface area (Å²) in [5, 5.41) is 7.29. The molecule has 2 N–H and O–H groups in total. The first-order chi connectivity index (χ1) is 6.84. The molecule has 74 valence electrons. The summed E-state index contributed by atoms with van der Waals surface area (Å²) in [6.07, 6.45) is 5.98. The van der Waals surface area contributed by atoms with Gasteiger partial charge in [0.2, 0.25) is 0 Å². The van der Waals surface area contributed by atoms with Gasteiger partial charge in [-0.15, -0.1) is 0 Å². The third-order valence-electron chi connectivity index (χ3n) is 1.79. The third-order valence-corrected chi connectivity index (χ3v) is 1.79. The van der Waals surface area contributed by atoms with Crippen LogP contribution in [0.4, 0.5) is 5.95 Å². The molecule has 2 heterocycles. The highest BCUT2D eigenvalue weighted by Crippen LogP contribution is 1.95. The largest absolute Gasteiger partial charge is 0.355 e. The van der Waals surface area contributed by atoms with Crippen LogP contribution in [0.5, 0.6) is 0 Å². The minimum absolute atomic E-state index is 0.775. The summed E-state index contributed by atoms with van der Waals surface area (Å²) in [6, 6.07) is 0. The molecule has 14 heavy (non-hydrogen) atoms. The van der Waals surface area contributed by atoms with Crippen LogP contribution in [0.1, 0.15) is 5.82 Å². The van der Waals surface area contributed by atoms with Crippen LogP contribution in [0.3, 0.4) is 0 Å². The molecular weight excluding hydrogens is 180 g/mol. The lowest BCUT2D eigenvalue weighted by atomic mass is 10.4. The maximum absolute atomic E-state index is 4.16. The van der Waals surface area contributed by atoms with Crippen molar-refractivity contribution in [2.45, 2.75) is 6.42 Å². The normalized spacial score (nSPS) is 10.4. The van der Waals surface area contributed by atoms with Crippen LogP contribution in [0, 0.1) is 0 Å². The molecule has 0 unspecified atom stereocenters. The summed E-state index contributed by atoms with van der Waals surface area (Å²) >= 11 is 0. The Morgan fingerprint density at radius 1 is 1.50 bits per heavy atom. The Morgan fingerprint density at radius 3 is 3.07 bits per heavy atom. The molecule has 0 radical (unpaired) electrons. The Bertz CT molecular complexity index is 376. The number of aromatic nitrogens is 5. The molecule has 0 fully saturated rings. The number of hydrogen-bond donors (Lipinski definition) is 2. The van der Waals surface area contributed by atoms with Gasteiger partial charge in [-0.05, 0) is 0 Å². The lowest BCUT2D eigenvalue weighted by molar-refractivity contribution is 0.741. The average molecular weight is 192 g/mol. The number of H-pyrrole nitrogens is 1. The molecule has 6 heteroatoms. The lowest BCUT2D eigenvalue weighted by Gasteiger charge is -1.98. The molecule has 0 amide bonds. The number of imidazole rings is 1. The van der Waals surface area contributed by atoms with E-state index in [1.165, 1.54) is 0 Å². The van der Waals surface area contributed by atoms with E-state index in [0.717, 1.165) is 24.7 Å². The van der Waals surface area contributed by atoms with Gasteiger partial charge in [0.1, 0.15) is 6.33 Å². The van der Waals surface area contributed by atoms with Gasteiger partial charge in [-0.2, -0.15) is 5.10 Å². The van der Waals surface area contributed by atoms with Crippen LogP contribution in [0.15, 0.2) is 18.7 Å². The summed E-state index contributed by atoms with van der Waals surface area (Å²) in [7, 11) is 1.86. The second-order valence-electron chi connectivity index (χ2n) is 2.95. The van der Waals surface area contributed by atoms with Gasteiger partial charge in [0.05, 0.1) is 0 Å². The van der Waals surface area contributed by atoms with Gasteiger partial charge in [0.15, 0.2) is 11.8 Å². The van der Waals surface area contributed by atoms with E-state index in [0.29, 0.717) is 0 Å². The Morgan fingerprint density at radius 2 is 2.43 bits per heavy atom. The number of anilines is 1. The monoisotopic (exact) mass is 192 g/mol. The van der Waals surface area contributed by atoms with E-state index in [4.69, 9.17) is 0 Å². The second-order valence-corrected chi connectivity index (χ2v) is 2.95. The van der Waals surface area contributed by atoms with Gasteiger partial charge in [-0.1, -0.05) is 0 Å². The number of nitrogens with one attached hydrogen (secondary N) is 2. The van der Waals surface area contributed by atoms with E-state index >= 15 is 0 Å². The summed E-state index contributed by atoms with van der Waals surface area (Å²) in [4.78, 5) is 11.1. The van der Waals surface area contributed by atoms with Crippen LogP contribution in [-0.2, 0) is 13.5 Å². The van der Waals surface area contributed by atoms with Crippen molar-refractivity contribution in [3.8, 4) is 0 Å². The smallest absolute Gasteiger partial charge is 0.200 e. The zero-order valence-electron chi connectivity index (χ0n) is 7.94. The fraction of sp³-hybridized carbons (Fsp3) is 0.375. The van der Waals surface area contributed by atoms with Gasteiger partial charge in [0.25, 0.3) is 0 Å². The van der Waals surface area contributed by atoms with Crippen molar-refractivity contribution in [3.63, 3.8) is 0 Å². The van der Waals surface area contributed by atoms with E-state index < -0.39 is 0 Å². The Labute approximate surface area is 81.4 Å². The SMILES string of the molecule is Cn1cnc(CCNc2ncc[nH]2)n1. The molecule has 2 aromatic rings. The van der Waals surface area contributed by atoms with Gasteiger partial charge < -0.3 is 10.3 Å². The molecule has 0 aromatic carbocycles. The molecule has 0 aliphatic rings. The molecular formula is C8H12N6. The number of rotatable bonds is 4.